The first-order chi connectivity index (χ1) is 14.2. The molecule has 0 heterocycles. The first-order valence-electron chi connectivity index (χ1n) is 9.42. The number of rotatable bonds is 4. The van der Waals surface area contributed by atoms with E-state index < -0.39 is 47.3 Å². The standard InChI is InChI=1S/C21H20F4N2O3/c22-13-8-10-14(11-9-13)27-20(29)30-16-5-3-4-15(12-16)26-19(28)17-6-1-2-7-18(17)21(23,24)25/h1-2,6-11,15-16H,3-5,12H2,(H,26,28)(H,27,29)/t15-,16+/m1/s1. The van der Waals surface area contributed by atoms with Crippen molar-refractivity contribution in [2.75, 3.05) is 5.32 Å². The number of hydrogen-bond donors (Lipinski definition) is 2. The molecule has 1 aliphatic rings. The summed E-state index contributed by atoms with van der Waals surface area (Å²) < 4.78 is 57.6. The molecule has 9 heteroatoms. The van der Waals surface area contributed by atoms with Crippen LogP contribution in [-0.4, -0.2) is 24.1 Å². The Kier molecular flexibility index (Phi) is 6.59. The van der Waals surface area contributed by atoms with Gasteiger partial charge in [0.2, 0.25) is 0 Å². The van der Waals surface area contributed by atoms with Gasteiger partial charge >= 0.3 is 12.3 Å². The molecule has 0 aliphatic heterocycles. The van der Waals surface area contributed by atoms with Crippen LogP contribution >= 0.6 is 0 Å². The third-order valence-electron chi connectivity index (χ3n) is 4.80. The number of alkyl halides is 3. The molecule has 30 heavy (non-hydrogen) atoms. The van der Waals surface area contributed by atoms with Crippen LogP contribution in [0.15, 0.2) is 48.5 Å². The van der Waals surface area contributed by atoms with Gasteiger partial charge in [-0.15, -0.1) is 0 Å². The van der Waals surface area contributed by atoms with Crippen LogP contribution in [0.1, 0.15) is 41.6 Å². The van der Waals surface area contributed by atoms with Gasteiger partial charge in [0.05, 0.1) is 11.1 Å². The van der Waals surface area contributed by atoms with Gasteiger partial charge in [-0.05, 0) is 55.7 Å². The number of hydrogen-bond acceptors (Lipinski definition) is 3. The maximum Gasteiger partial charge on any atom is 0.417 e. The average Bonchev–Trinajstić information content (AvgIpc) is 2.69. The largest absolute Gasteiger partial charge is 0.446 e. The Morgan fingerprint density at radius 1 is 1.00 bits per heavy atom. The minimum Gasteiger partial charge on any atom is -0.446 e. The topological polar surface area (TPSA) is 67.4 Å². The van der Waals surface area contributed by atoms with E-state index in [0.29, 0.717) is 24.9 Å². The SMILES string of the molecule is O=C(Nc1ccc(F)cc1)O[C@H]1CCC[C@@H](NC(=O)c2ccccc2C(F)(F)F)C1. The minimum atomic E-state index is -4.63. The molecule has 2 atom stereocenters. The lowest BCUT2D eigenvalue weighted by Gasteiger charge is -2.29. The zero-order chi connectivity index (χ0) is 21.7. The second kappa shape index (κ2) is 9.15. The zero-order valence-electron chi connectivity index (χ0n) is 15.8. The molecule has 1 saturated carbocycles. The quantitative estimate of drug-likeness (QED) is 0.669. The molecule has 1 fully saturated rings. The molecule has 160 valence electrons. The zero-order valence-corrected chi connectivity index (χ0v) is 15.8. The highest BCUT2D eigenvalue weighted by atomic mass is 19.4. The van der Waals surface area contributed by atoms with Crippen LogP contribution in [0.2, 0.25) is 0 Å². The van der Waals surface area contributed by atoms with Crippen molar-refractivity contribution in [1.82, 2.24) is 5.32 Å². The Balaban J connectivity index is 1.57. The second-order valence-electron chi connectivity index (χ2n) is 7.04. The Morgan fingerprint density at radius 2 is 1.70 bits per heavy atom. The van der Waals surface area contributed by atoms with E-state index >= 15 is 0 Å². The van der Waals surface area contributed by atoms with E-state index in [1.54, 1.807) is 0 Å². The molecule has 1 aliphatic carbocycles. The molecule has 0 spiro atoms. The first kappa shape index (κ1) is 21.6. The van der Waals surface area contributed by atoms with Gasteiger partial charge in [-0.3, -0.25) is 10.1 Å². The number of halogens is 4. The van der Waals surface area contributed by atoms with Gasteiger partial charge in [0.1, 0.15) is 11.9 Å². The number of carbonyl (C=O) groups is 2. The highest BCUT2D eigenvalue weighted by Gasteiger charge is 2.35. The molecule has 2 aromatic carbocycles. The smallest absolute Gasteiger partial charge is 0.417 e. The van der Waals surface area contributed by atoms with Gasteiger partial charge in [0.25, 0.3) is 5.91 Å². The van der Waals surface area contributed by atoms with E-state index in [4.69, 9.17) is 4.74 Å². The fourth-order valence-corrected chi connectivity index (χ4v) is 3.41. The van der Waals surface area contributed by atoms with E-state index in [0.717, 1.165) is 12.1 Å². The predicted octanol–water partition coefficient (Wildman–Crippen LogP) is 5.13. The van der Waals surface area contributed by atoms with Crippen molar-refractivity contribution < 1.29 is 31.9 Å². The van der Waals surface area contributed by atoms with Crippen molar-refractivity contribution in [1.29, 1.82) is 0 Å². The van der Waals surface area contributed by atoms with E-state index in [1.807, 2.05) is 0 Å². The maximum absolute atomic E-state index is 13.1. The van der Waals surface area contributed by atoms with Crippen LogP contribution in [0.5, 0.6) is 0 Å². The molecule has 2 aromatic rings. The molecule has 0 unspecified atom stereocenters. The third kappa shape index (κ3) is 5.71. The van der Waals surface area contributed by atoms with Crippen LogP contribution in [-0.2, 0) is 10.9 Å². The van der Waals surface area contributed by atoms with Gasteiger partial charge in [-0.25, -0.2) is 9.18 Å². The van der Waals surface area contributed by atoms with Gasteiger partial charge in [-0.1, -0.05) is 12.1 Å². The average molecular weight is 424 g/mol. The van der Waals surface area contributed by atoms with E-state index in [1.165, 1.54) is 36.4 Å². The van der Waals surface area contributed by atoms with E-state index in [2.05, 4.69) is 10.6 Å². The normalized spacial score (nSPS) is 19.1. The summed E-state index contributed by atoms with van der Waals surface area (Å²) in [5, 5.41) is 5.10. The fourth-order valence-electron chi connectivity index (χ4n) is 3.41. The third-order valence-corrected chi connectivity index (χ3v) is 4.80. The van der Waals surface area contributed by atoms with Crippen LogP contribution in [0, 0.1) is 5.82 Å². The highest BCUT2D eigenvalue weighted by molar-refractivity contribution is 5.96. The van der Waals surface area contributed by atoms with E-state index in [-0.39, 0.29) is 6.42 Å². The Bertz CT molecular complexity index is 900. The van der Waals surface area contributed by atoms with E-state index in [9.17, 15) is 27.2 Å². The lowest BCUT2D eigenvalue weighted by atomic mass is 9.92. The molecule has 3 rings (SSSR count). The Hall–Kier alpha value is -3.10. The lowest BCUT2D eigenvalue weighted by Crippen LogP contribution is -2.41. The van der Waals surface area contributed by atoms with Crippen molar-refractivity contribution in [2.24, 2.45) is 0 Å². The van der Waals surface area contributed by atoms with Gasteiger partial charge in [0, 0.05) is 18.2 Å². The summed E-state index contributed by atoms with van der Waals surface area (Å²) in [6.45, 7) is 0. The summed E-state index contributed by atoms with van der Waals surface area (Å²) in [6, 6.07) is 9.34. The molecule has 0 aromatic heterocycles. The van der Waals surface area contributed by atoms with Gasteiger partial charge < -0.3 is 10.1 Å². The number of carbonyl (C=O) groups excluding carboxylic acids is 2. The summed E-state index contributed by atoms with van der Waals surface area (Å²) in [5.41, 5.74) is -1.07. The van der Waals surface area contributed by atoms with Gasteiger partial charge in [0.15, 0.2) is 0 Å². The molecule has 0 bridgehead atoms. The molecule has 2 N–H and O–H groups in total. The Labute approximate surface area is 170 Å². The van der Waals surface area contributed by atoms with Crippen molar-refractivity contribution in [3.8, 4) is 0 Å². The van der Waals surface area contributed by atoms with Crippen LogP contribution < -0.4 is 10.6 Å². The summed E-state index contributed by atoms with van der Waals surface area (Å²) in [6.07, 6.45) is -3.79. The fraction of sp³-hybridized carbons (Fsp3) is 0.333. The molecule has 0 radical (unpaired) electrons. The van der Waals surface area contributed by atoms with Crippen LogP contribution in [0.3, 0.4) is 0 Å². The van der Waals surface area contributed by atoms with Crippen molar-refractivity contribution >= 4 is 17.7 Å². The van der Waals surface area contributed by atoms with Crippen LogP contribution in [0.25, 0.3) is 0 Å². The molecule has 0 saturated heterocycles. The number of amides is 2. The molecule has 5 nitrogen and oxygen atoms in total. The number of anilines is 1. The molecule has 2 amide bonds. The summed E-state index contributed by atoms with van der Waals surface area (Å²) in [7, 11) is 0. The maximum atomic E-state index is 13.1. The van der Waals surface area contributed by atoms with Crippen LogP contribution in [0.4, 0.5) is 28.0 Å². The van der Waals surface area contributed by atoms with Gasteiger partial charge in [-0.2, -0.15) is 13.2 Å². The predicted molar refractivity (Wildman–Crippen MR) is 101 cm³/mol. The minimum absolute atomic E-state index is 0.288. The summed E-state index contributed by atoms with van der Waals surface area (Å²) in [4.78, 5) is 24.4. The Morgan fingerprint density at radius 3 is 2.40 bits per heavy atom. The summed E-state index contributed by atoms with van der Waals surface area (Å²) in [5.74, 6) is -1.25. The molecular weight excluding hydrogens is 404 g/mol. The highest BCUT2D eigenvalue weighted by Crippen LogP contribution is 2.32. The van der Waals surface area contributed by atoms with Crippen molar-refractivity contribution in [3.05, 3.63) is 65.5 Å². The lowest BCUT2D eigenvalue weighted by molar-refractivity contribution is -0.137. The molecular formula is C21H20F4N2O3. The second-order valence-corrected chi connectivity index (χ2v) is 7.04. The van der Waals surface area contributed by atoms with Crippen molar-refractivity contribution in [2.45, 2.75) is 44.0 Å². The van der Waals surface area contributed by atoms with Crippen molar-refractivity contribution in [3.63, 3.8) is 0 Å². The number of ether oxygens (including phenoxy) is 1. The number of nitrogens with one attached hydrogen (secondary N) is 2. The number of benzene rings is 2. The monoisotopic (exact) mass is 424 g/mol. The first-order valence-corrected chi connectivity index (χ1v) is 9.42. The summed E-state index contributed by atoms with van der Waals surface area (Å²) >= 11 is 0.